The van der Waals surface area contributed by atoms with Gasteiger partial charge < -0.3 is 15.8 Å². The minimum Gasteiger partial charge on any atom is -0.383 e. The maximum atomic E-state index is 12.1. The first-order chi connectivity index (χ1) is 11.2. The molecule has 4 N–H and O–H groups in total. The van der Waals surface area contributed by atoms with Crippen LogP contribution in [0.5, 0.6) is 0 Å². The first-order valence-electron chi connectivity index (χ1n) is 7.85. The van der Waals surface area contributed by atoms with Crippen molar-refractivity contribution < 1.29 is 13.2 Å². The van der Waals surface area contributed by atoms with Crippen molar-refractivity contribution >= 4 is 16.0 Å². The monoisotopic (exact) mass is 356 g/mol. The summed E-state index contributed by atoms with van der Waals surface area (Å²) in [5.41, 5.74) is 7.39. The lowest BCUT2D eigenvalue weighted by atomic mass is 10.1. The van der Waals surface area contributed by atoms with Crippen molar-refractivity contribution in [2.75, 3.05) is 13.7 Å². The molecule has 7 nitrogen and oxygen atoms in total. The third-order valence-corrected chi connectivity index (χ3v) is 4.63. The Bertz CT molecular complexity index is 644. The maximum Gasteiger partial charge on any atom is 0.216 e. The second-order valence-electron chi connectivity index (χ2n) is 6.00. The molecular weight excluding hydrogens is 328 g/mol. The van der Waals surface area contributed by atoms with Gasteiger partial charge >= 0.3 is 0 Å². The van der Waals surface area contributed by atoms with Crippen molar-refractivity contribution in [3.8, 4) is 0 Å². The fourth-order valence-corrected chi connectivity index (χ4v) is 3.71. The van der Waals surface area contributed by atoms with Gasteiger partial charge in [-0.05, 0) is 31.9 Å². The maximum absolute atomic E-state index is 12.1. The number of nitrogens with one attached hydrogen (secondary N) is 2. The molecule has 1 atom stereocenters. The van der Waals surface area contributed by atoms with Crippen LogP contribution < -0.4 is 15.8 Å². The smallest absolute Gasteiger partial charge is 0.216 e. The van der Waals surface area contributed by atoms with Gasteiger partial charge in [-0.15, -0.1) is 0 Å². The molecule has 0 spiro atoms. The topological polar surface area (TPSA) is 106 Å². The Labute approximate surface area is 144 Å². The van der Waals surface area contributed by atoms with E-state index in [4.69, 9.17) is 10.5 Å². The highest BCUT2D eigenvalue weighted by molar-refractivity contribution is 7.88. The van der Waals surface area contributed by atoms with E-state index in [1.54, 1.807) is 27.0 Å². The van der Waals surface area contributed by atoms with E-state index in [9.17, 15) is 8.42 Å². The number of methoxy groups -OCH3 is 1. The molecule has 0 radical (unpaired) electrons. The number of hydrogen-bond acceptors (Lipinski definition) is 4. The average Bonchev–Trinajstić information content (AvgIpc) is 2.44. The molecule has 8 heteroatoms. The Morgan fingerprint density at radius 2 is 1.88 bits per heavy atom. The summed E-state index contributed by atoms with van der Waals surface area (Å²) in [6.45, 7) is 6.35. The lowest BCUT2D eigenvalue weighted by Gasteiger charge is -2.14. The van der Waals surface area contributed by atoms with Crippen molar-refractivity contribution in [2.45, 2.75) is 45.2 Å². The van der Waals surface area contributed by atoms with Crippen molar-refractivity contribution in [1.29, 1.82) is 0 Å². The Kier molecular flexibility index (Phi) is 8.17. The summed E-state index contributed by atoms with van der Waals surface area (Å²) in [5, 5.41) is 3.02. The van der Waals surface area contributed by atoms with Gasteiger partial charge in [-0.1, -0.05) is 24.3 Å². The van der Waals surface area contributed by atoms with Gasteiger partial charge in [0.05, 0.1) is 18.9 Å². The molecule has 0 bridgehead atoms. The van der Waals surface area contributed by atoms with Gasteiger partial charge in [-0.2, -0.15) is 0 Å². The summed E-state index contributed by atoms with van der Waals surface area (Å²) < 4.78 is 31.9. The molecular formula is C16H28N4O3S. The molecule has 24 heavy (non-hydrogen) atoms. The molecule has 1 aromatic rings. The van der Waals surface area contributed by atoms with Crippen LogP contribution in [0.2, 0.25) is 0 Å². The largest absolute Gasteiger partial charge is 0.383 e. The van der Waals surface area contributed by atoms with E-state index in [0.717, 1.165) is 5.56 Å². The number of rotatable bonds is 9. The Balaban J connectivity index is 2.80. The van der Waals surface area contributed by atoms with Crippen LogP contribution in [0.3, 0.4) is 0 Å². The average molecular weight is 356 g/mol. The zero-order valence-electron chi connectivity index (χ0n) is 14.7. The molecule has 0 fully saturated rings. The summed E-state index contributed by atoms with van der Waals surface area (Å²) >= 11 is 0. The number of nitrogens with two attached hydrogens (primary N) is 1. The number of nitrogens with zero attached hydrogens (tertiary/aromatic N) is 1. The predicted molar refractivity (Wildman–Crippen MR) is 97.1 cm³/mol. The molecule has 0 aliphatic carbocycles. The SMILES string of the molecule is COCC(C)NC(N)=NCc1ccccc1CS(=O)(=O)NC(C)C. The lowest BCUT2D eigenvalue weighted by molar-refractivity contribution is 0.179. The van der Waals surface area contributed by atoms with Crippen molar-refractivity contribution in [3.05, 3.63) is 35.4 Å². The van der Waals surface area contributed by atoms with Crippen molar-refractivity contribution in [1.82, 2.24) is 10.0 Å². The summed E-state index contributed by atoms with van der Waals surface area (Å²) in [6.07, 6.45) is 0. The van der Waals surface area contributed by atoms with E-state index in [-0.39, 0.29) is 17.8 Å². The molecule has 136 valence electrons. The quantitative estimate of drug-likeness (QED) is 0.451. The number of hydrogen-bond donors (Lipinski definition) is 3. The second kappa shape index (κ2) is 9.61. The van der Waals surface area contributed by atoms with Gasteiger partial charge in [-0.3, -0.25) is 0 Å². The molecule has 0 saturated carbocycles. The first-order valence-corrected chi connectivity index (χ1v) is 9.51. The highest BCUT2D eigenvalue weighted by Gasteiger charge is 2.15. The normalized spacial score (nSPS) is 14.0. The van der Waals surface area contributed by atoms with E-state index < -0.39 is 10.0 Å². The van der Waals surface area contributed by atoms with E-state index in [0.29, 0.717) is 24.7 Å². The van der Waals surface area contributed by atoms with Gasteiger partial charge in [0.25, 0.3) is 0 Å². The number of ether oxygens (including phenoxy) is 1. The zero-order valence-corrected chi connectivity index (χ0v) is 15.6. The van der Waals surface area contributed by atoms with E-state index in [1.165, 1.54) is 0 Å². The number of sulfonamides is 1. The Hall–Kier alpha value is -1.64. The van der Waals surface area contributed by atoms with Crippen molar-refractivity contribution in [2.24, 2.45) is 10.7 Å². The number of guanidine groups is 1. The zero-order chi connectivity index (χ0) is 18.2. The fraction of sp³-hybridized carbons (Fsp3) is 0.562. The van der Waals surface area contributed by atoms with Gasteiger partial charge in [0.2, 0.25) is 10.0 Å². The summed E-state index contributed by atoms with van der Waals surface area (Å²) in [6, 6.07) is 7.23. The fourth-order valence-electron chi connectivity index (χ4n) is 2.22. The molecule has 0 saturated heterocycles. The summed E-state index contributed by atoms with van der Waals surface area (Å²) in [5.74, 6) is 0.224. The van der Waals surface area contributed by atoms with Crippen LogP contribution in [0.1, 0.15) is 31.9 Å². The van der Waals surface area contributed by atoms with E-state index in [2.05, 4.69) is 15.0 Å². The molecule has 0 amide bonds. The van der Waals surface area contributed by atoms with Gasteiger partial charge in [0.1, 0.15) is 0 Å². The molecule has 1 unspecified atom stereocenters. The predicted octanol–water partition coefficient (Wildman–Crippen LogP) is 0.954. The molecule has 0 heterocycles. The number of benzene rings is 1. The van der Waals surface area contributed by atoms with Crippen LogP contribution in [-0.4, -0.2) is 40.2 Å². The third-order valence-electron chi connectivity index (χ3n) is 3.11. The van der Waals surface area contributed by atoms with Crippen LogP contribution in [0.25, 0.3) is 0 Å². The molecule has 1 aromatic carbocycles. The van der Waals surface area contributed by atoms with Gasteiger partial charge in [0.15, 0.2) is 5.96 Å². The standard InChI is InChI=1S/C16H28N4O3S/c1-12(2)20-24(21,22)11-15-8-6-5-7-14(15)9-18-16(17)19-13(3)10-23-4/h5-8,12-13,20H,9-11H2,1-4H3,(H3,17,18,19). The minimum atomic E-state index is -3.38. The summed E-state index contributed by atoms with van der Waals surface area (Å²) in [4.78, 5) is 4.28. The molecule has 0 aliphatic rings. The second-order valence-corrected chi connectivity index (χ2v) is 7.76. The van der Waals surface area contributed by atoms with Gasteiger partial charge in [0, 0.05) is 19.2 Å². The minimum absolute atomic E-state index is 0.0459. The van der Waals surface area contributed by atoms with E-state index >= 15 is 0 Å². The molecule has 1 rings (SSSR count). The Morgan fingerprint density at radius 3 is 2.46 bits per heavy atom. The van der Waals surface area contributed by atoms with Crippen LogP contribution in [0.15, 0.2) is 29.3 Å². The summed E-state index contributed by atoms with van der Waals surface area (Å²) in [7, 11) is -1.76. The van der Waals surface area contributed by atoms with Crippen LogP contribution in [0.4, 0.5) is 0 Å². The number of aliphatic imine (C=N–C) groups is 1. The van der Waals surface area contributed by atoms with Crippen LogP contribution >= 0.6 is 0 Å². The van der Waals surface area contributed by atoms with Gasteiger partial charge in [-0.25, -0.2) is 18.1 Å². The third kappa shape index (κ3) is 7.76. The Morgan fingerprint density at radius 1 is 1.25 bits per heavy atom. The van der Waals surface area contributed by atoms with Crippen LogP contribution in [-0.2, 0) is 27.1 Å². The lowest BCUT2D eigenvalue weighted by Crippen LogP contribution is -2.40. The highest BCUT2D eigenvalue weighted by Crippen LogP contribution is 2.13. The van der Waals surface area contributed by atoms with Crippen molar-refractivity contribution in [3.63, 3.8) is 0 Å². The first kappa shape index (κ1) is 20.4. The molecule has 0 aromatic heterocycles. The van der Waals surface area contributed by atoms with Crippen LogP contribution in [0, 0.1) is 0 Å². The molecule has 0 aliphatic heterocycles. The van der Waals surface area contributed by atoms with E-state index in [1.807, 2.05) is 25.1 Å². The highest BCUT2D eigenvalue weighted by atomic mass is 32.2.